The number of hydrogen-bond acceptors (Lipinski definition) is 4. The molecule has 1 aliphatic carbocycles. The zero-order chi connectivity index (χ0) is 14.6. The van der Waals surface area contributed by atoms with Crippen molar-refractivity contribution in [2.75, 3.05) is 12.4 Å². The van der Waals surface area contributed by atoms with Gasteiger partial charge < -0.3 is 9.88 Å². The summed E-state index contributed by atoms with van der Waals surface area (Å²) in [5, 5.41) is 5.05. The lowest BCUT2D eigenvalue weighted by molar-refractivity contribution is 0.775. The van der Waals surface area contributed by atoms with E-state index < -0.39 is 0 Å². The van der Waals surface area contributed by atoms with E-state index in [1.807, 2.05) is 32.2 Å². The van der Waals surface area contributed by atoms with Gasteiger partial charge >= 0.3 is 0 Å². The van der Waals surface area contributed by atoms with Crippen LogP contribution in [0.1, 0.15) is 24.6 Å². The zero-order valence-corrected chi connectivity index (χ0v) is 13.4. The number of halogens is 1. The van der Waals surface area contributed by atoms with Crippen molar-refractivity contribution in [2.24, 2.45) is 0 Å². The molecule has 1 saturated carbocycles. The second-order valence-electron chi connectivity index (χ2n) is 5.39. The molecule has 0 radical (unpaired) electrons. The first-order valence-electron chi connectivity index (χ1n) is 7.01. The molecule has 6 heteroatoms. The first-order chi connectivity index (χ1) is 10.2. The van der Waals surface area contributed by atoms with Crippen molar-refractivity contribution in [1.82, 2.24) is 13.9 Å². The number of benzene rings is 1. The van der Waals surface area contributed by atoms with Crippen LogP contribution in [0.4, 0.5) is 5.00 Å². The largest absolute Gasteiger partial charge is 0.378 e. The maximum absolute atomic E-state index is 6.18. The van der Waals surface area contributed by atoms with Crippen molar-refractivity contribution in [3.05, 3.63) is 28.9 Å². The normalized spacial score (nSPS) is 14.8. The lowest BCUT2D eigenvalue weighted by Crippen LogP contribution is -1.99. The van der Waals surface area contributed by atoms with Crippen molar-refractivity contribution in [2.45, 2.75) is 25.8 Å². The fourth-order valence-electron chi connectivity index (χ4n) is 2.75. The van der Waals surface area contributed by atoms with E-state index in [2.05, 4.69) is 14.3 Å². The topological polar surface area (TPSA) is 42.7 Å². The number of nitrogens with one attached hydrogen (secondary N) is 1. The molecule has 108 valence electrons. The predicted molar refractivity (Wildman–Crippen MR) is 88.4 cm³/mol. The Balaban J connectivity index is 2.04. The van der Waals surface area contributed by atoms with Crippen LogP contribution in [-0.2, 0) is 0 Å². The Morgan fingerprint density at radius 1 is 1.38 bits per heavy atom. The van der Waals surface area contributed by atoms with E-state index in [0.29, 0.717) is 6.04 Å². The molecule has 21 heavy (non-hydrogen) atoms. The van der Waals surface area contributed by atoms with Crippen LogP contribution < -0.4 is 5.32 Å². The quantitative estimate of drug-likeness (QED) is 0.773. The van der Waals surface area contributed by atoms with Gasteiger partial charge in [-0.2, -0.15) is 4.37 Å². The SMILES string of the molecule is CNc1snc(C)c1-c1nc2ccc(Cl)cc2n1C1CC1. The minimum absolute atomic E-state index is 0.535. The number of nitrogens with zero attached hydrogens (tertiary/aromatic N) is 3. The van der Waals surface area contributed by atoms with Gasteiger partial charge in [0.2, 0.25) is 0 Å². The van der Waals surface area contributed by atoms with Gasteiger partial charge in [-0.1, -0.05) is 11.6 Å². The molecule has 0 atom stereocenters. The highest BCUT2D eigenvalue weighted by atomic mass is 35.5. The average Bonchev–Trinajstić information content (AvgIpc) is 3.14. The molecule has 4 nitrogen and oxygen atoms in total. The highest BCUT2D eigenvalue weighted by Crippen LogP contribution is 2.44. The lowest BCUT2D eigenvalue weighted by atomic mass is 10.2. The second-order valence-corrected chi connectivity index (χ2v) is 6.60. The molecule has 0 unspecified atom stereocenters. The summed E-state index contributed by atoms with van der Waals surface area (Å²) in [5.41, 5.74) is 4.25. The molecular formula is C15H15ClN4S. The standard InChI is InChI=1S/C15H15ClN4S/c1-8-13(15(17-2)21-19-8)14-18-11-6-3-9(16)7-12(11)20(14)10-4-5-10/h3,6-7,10,17H,4-5H2,1-2H3. The first-order valence-corrected chi connectivity index (χ1v) is 8.16. The molecule has 2 aromatic heterocycles. The number of anilines is 1. The Hall–Kier alpha value is -1.59. The van der Waals surface area contributed by atoms with Gasteiger partial charge in [-0.15, -0.1) is 0 Å². The Morgan fingerprint density at radius 2 is 2.19 bits per heavy atom. The van der Waals surface area contributed by atoms with Crippen LogP contribution in [-0.4, -0.2) is 21.0 Å². The maximum atomic E-state index is 6.18. The van der Waals surface area contributed by atoms with Gasteiger partial charge in [-0.05, 0) is 49.5 Å². The number of hydrogen-bond donors (Lipinski definition) is 1. The molecule has 1 N–H and O–H groups in total. The van der Waals surface area contributed by atoms with Crippen LogP contribution in [0.5, 0.6) is 0 Å². The Kier molecular flexibility index (Phi) is 2.94. The van der Waals surface area contributed by atoms with Crippen LogP contribution in [0.25, 0.3) is 22.4 Å². The number of imidazole rings is 1. The smallest absolute Gasteiger partial charge is 0.146 e. The molecule has 4 rings (SSSR count). The highest BCUT2D eigenvalue weighted by molar-refractivity contribution is 7.10. The molecule has 3 aromatic rings. The van der Waals surface area contributed by atoms with Gasteiger partial charge in [-0.3, -0.25) is 0 Å². The zero-order valence-electron chi connectivity index (χ0n) is 11.9. The fourth-order valence-corrected chi connectivity index (χ4v) is 3.66. The van der Waals surface area contributed by atoms with Crippen LogP contribution >= 0.6 is 23.1 Å². The monoisotopic (exact) mass is 318 g/mol. The van der Waals surface area contributed by atoms with E-state index in [1.165, 1.54) is 24.4 Å². The van der Waals surface area contributed by atoms with Crippen molar-refractivity contribution in [3.63, 3.8) is 0 Å². The number of aryl methyl sites for hydroxylation is 1. The minimum atomic E-state index is 0.535. The summed E-state index contributed by atoms with van der Waals surface area (Å²) in [4.78, 5) is 4.86. The lowest BCUT2D eigenvalue weighted by Gasteiger charge is -2.09. The predicted octanol–water partition coefficient (Wildman–Crippen LogP) is 4.50. The Morgan fingerprint density at radius 3 is 2.90 bits per heavy atom. The van der Waals surface area contributed by atoms with E-state index in [9.17, 15) is 0 Å². The third-order valence-electron chi connectivity index (χ3n) is 3.88. The van der Waals surface area contributed by atoms with E-state index in [0.717, 1.165) is 38.1 Å². The Bertz CT molecular complexity index is 832. The van der Waals surface area contributed by atoms with Gasteiger partial charge in [0.15, 0.2) is 0 Å². The summed E-state index contributed by atoms with van der Waals surface area (Å²) < 4.78 is 6.80. The first kappa shape index (κ1) is 13.1. The molecule has 1 aliphatic rings. The number of aromatic nitrogens is 3. The molecule has 1 aromatic carbocycles. The molecule has 2 heterocycles. The highest BCUT2D eigenvalue weighted by Gasteiger charge is 2.30. The summed E-state index contributed by atoms with van der Waals surface area (Å²) in [7, 11) is 1.93. The average molecular weight is 319 g/mol. The molecule has 1 fully saturated rings. The van der Waals surface area contributed by atoms with E-state index >= 15 is 0 Å². The van der Waals surface area contributed by atoms with E-state index in [4.69, 9.17) is 16.6 Å². The van der Waals surface area contributed by atoms with Crippen molar-refractivity contribution < 1.29 is 0 Å². The van der Waals surface area contributed by atoms with Gasteiger partial charge in [-0.25, -0.2) is 4.98 Å². The van der Waals surface area contributed by atoms with Gasteiger partial charge in [0.05, 0.1) is 22.3 Å². The number of fused-ring (bicyclic) bond motifs is 1. The van der Waals surface area contributed by atoms with Crippen LogP contribution in [0.2, 0.25) is 5.02 Å². The van der Waals surface area contributed by atoms with Crippen molar-refractivity contribution in [1.29, 1.82) is 0 Å². The van der Waals surface area contributed by atoms with Crippen molar-refractivity contribution in [3.8, 4) is 11.4 Å². The maximum Gasteiger partial charge on any atom is 0.146 e. The fraction of sp³-hybridized carbons (Fsp3) is 0.333. The summed E-state index contributed by atoms with van der Waals surface area (Å²) in [6.07, 6.45) is 2.41. The molecule has 0 bridgehead atoms. The van der Waals surface area contributed by atoms with E-state index in [1.54, 1.807) is 0 Å². The van der Waals surface area contributed by atoms with Crippen LogP contribution in [0.3, 0.4) is 0 Å². The van der Waals surface area contributed by atoms with Crippen molar-refractivity contribution >= 4 is 39.2 Å². The number of rotatable bonds is 3. The third kappa shape index (κ3) is 2.03. The minimum Gasteiger partial charge on any atom is -0.378 e. The Labute approximate surface area is 131 Å². The summed E-state index contributed by atoms with van der Waals surface area (Å²) in [5.74, 6) is 1.00. The second kappa shape index (κ2) is 4.71. The molecular weight excluding hydrogens is 304 g/mol. The van der Waals surface area contributed by atoms with Gasteiger partial charge in [0, 0.05) is 18.1 Å². The molecule has 0 saturated heterocycles. The molecule has 0 spiro atoms. The van der Waals surface area contributed by atoms with E-state index in [-0.39, 0.29) is 0 Å². The summed E-state index contributed by atoms with van der Waals surface area (Å²) >= 11 is 7.66. The van der Waals surface area contributed by atoms with Crippen LogP contribution in [0.15, 0.2) is 18.2 Å². The van der Waals surface area contributed by atoms with Gasteiger partial charge in [0.25, 0.3) is 0 Å². The summed E-state index contributed by atoms with van der Waals surface area (Å²) in [6, 6.07) is 6.44. The molecule has 0 aliphatic heterocycles. The molecule has 0 amide bonds. The van der Waals surface area contributed by atoms with Gasteiger partial charge in [0.1, 0.15) is 10.8 Å². The summed E-state index contributed by atoms with van der Waals surface area (Å²) in [6.45, 7) is 2.04. The third-order valence-corrected chi connectivity index (χ3v) is 5.07. The van der Waals surface area contributed by atoms with Crippen LogP contribution in [0, 0.1) is 6.92 Å².